The van der Waals surface area contributed by atoms with Crippen molar-refractivity contribution in [3.63, 3.8) is 0 Å². The largest absolute Gasteiger partial charge is 0.384 e. The third-order valence-electron chi connectivity index (χ3n) is 1.78. The molecule has 0 aliphatic carbocycles. The zero-order valence-corrected chi connectivity index (χ0v) is 12.5. The molecule has 80 valence electrons. The smallest absolute Gasteiger partial charge is 0.146 e. The normalized spacial score (nSPS) is 17.8. The summed E-state index contributed by atoms with van der Waals surface area (Å²) in [6, 6.07) is 3.84. The molecule has 5 heteroatoms. The molecule has 0 aliphatic heterocycles. The van der Waals surface area contributed by atoms with Crippen LogP contribution in [0, 0.1) is 0 Å². The molecule has 0 aromatic carbocycles. The molecule has 2 unspecified atom stereocenters. The second kappa shape index (κ2) is 5.25. The molecule has 0 radical (unpaired) electrons. The molecule has 2 atom stereocenters. The molecule has 1 aromatic heterocycles. The fraction of sp³-hybridized carbons (Fsp3) is 0.556. The number of halogens is 2. The Morgan fingerprint density at radius 1 is 1.71 bits per heavy atom. The Morgan fingerprint density at radius 2 is 2.36 bits per heavy atom. The maximum Gasteiger partial charge on any atom is 0.146 e. The van der Waals surface area contributed by atoms with E-state index in [1.54, 1.807) is 0 Å². The van der Waals surface area contributed by atoms with Crippen LogP contribution in [-0.2, 0) is 4.74 Å². The topological polar surface area (TPSA) is 29.5 Å². The molecule has 1 heterocycles. The Bertz CT molecular complexity index is 301. The quantitative estimate of drug-likeness (QED) is 0.626. The Labute approximate surface area is 110 Å². The first kappa shape index (κ1) is 12.9. The number of rotatable bonds is 4. The van der Waals surface area contributed by atoms with E-state index < -0.39 is 9.71 Å². The third-order valence-corrected chi connectivity index (χ3v) is 4.36. The number of hydrogen-bond acceptors (Lipinski definition) is 3. The summed E-state index contributed by atoms with van der Waals surface area (Å²) >= 11 is 7.03. The summed E-state index contributed by atoms with van der Waals surface area (Å²) in [4.78, 5) is 0.919. The number of thiophene rings is 1. The Kier molecular flexibility index (Phi) is 4.83. The monoisotopic (exact) mass is 390 g/mol. The Balaban J connectivity index is 2.78. The summed E-state index contributed by atoms with van der Waals surface area (Å²) in [5, 5.41) is 10.0. The molecule has 0 saturated heterocycles. The molecule has 0 fully saturated rings. The van der Waals surface area contributed by atoms with E-state index in [0.717, 1.165) is 8.66 Å². The number of ether oxygens (including phenoxy) is 1. The van der Waals surface area contributed by atoms with Gasteiger partial charge in [-0.3, -0.25) is 0 Å². The zero-order chi connectivity index (χ0) is 10.8. The van der Waals surface area contributed by atoms with E-state index in [0.29, 0.717) is 6.61 Å². The molecular formula is C9H12BrIO2S. The van der Waals surface area contributed by atoms with Crippen LogP contribution in [-0.4, -0.2) is 15.3 Å². The van der Waals surface area contributed by atoms with E-state index in [9.17, 15) is 5.11 Å². The van der Waals surface area contributed by atoms with Gasteiger partial charge in [0.2, 0.25) is 0 Å². The molecule has 2 nitrogen and oxygen atoms in total. The standard InChI is InChI=1S/C9H12BrIO2S/c1-3-13-9(2,11)8(12)6-4-5-7(10)14-6/h4-5,8,12H,3H2,1-2H3. The van der Waals surface area contributed by atoms with Crippen molar-refractivity contribution in [2.24, 2.45) is 0 Å². The van der Waals surface area contributed by atoms with Gasteiger partial charge in [0.15, 0.2) is 0 Å². The van der Waals surface area contributed by atoms with Crippen LogP contribution in [0.15, 0.2) is 15.9 Å². The van der Waals surface area contributed by atoms with Crippen molar-refractivity contribution in [1.29, 1.82) is 0 Å². The van der Waals surface area contributed by atoms with Gasteiger partial charge < -0.3 is 9.84 Å². The highest BCUT2D eigenvalue weighted by Crippen LogP contribution is 2.39. The molecular weight excluding hydrogens is 379 g/mol. The lowest BCUT2D eigenvalue weighted by molar-refractivity contribution is -0.0338. The summed E-state index contributed by atoms with van der Waals surface area (Å²) in [5.41, 5.74) is 0. The van der Waals surface area contributed by atoms with Crippen molar-refractivity contribution >= 4 is 49.9 Å². The minimum Gasteiger partial charge on any atom is -0.384 e. The molecule has 1 N–H and O–H groups in total. The van der Waals surface area contributed by atoms with E-state index in [-0.39, 0.29) is 0 Å². The van der Waals surface area contributed by atoms with Crippen LogP contribution < -0.4 is 0 Å². The molecule has 0 amide bonds. The highest BCUT2D eigenvalue weighted by Gasteiger charge is 2.32. The summed E-state index contributed by atoms with van der Waals surface area (Å²) in [5.74, 6) is 0. The van der Waals surface area contributed by atoms with Gasteiger partial charge >= 0.3 is 0 Å². The third kappa shape index (κ3) is 3.16. The summed E-state index contributed by atoms with van der Waals surface area (Å²) in [6.07, 6.45) is -0.584. The van der Waals surface area contributed by atoms with Crippen LogP contribution in [0.2, 0.25) is 0 Å². The molecule has 0 spiro atoms. The van der Waals surface area contributed by atoms with E-state index in [2.05, 4.69) is 38.5 Å². The minimum atomic E-state index is -0.584. The first-order chi connectivity index (χ1) is 6.47. The summed E-state index contributed by atoms with van der Waals surface area (Å²) in [7, 11) is 0. The van der Waals surface area contributed by atoms with Crippen LogP contribution in [0.25, 0.3) is 0 Å². The Hall–Kier alpha value is 0.830. The van der Waals surface area contributed by atoms with Crippen LogP contribution in [0.5, 0.6) is 0 Å². The van der Waals surface area contributed by atoms with Gasteiger partial charge in [0.1, 0.15) is 9.71 Å². The van der Waals surface area contributed by atoms with Crippen molar-refractivity contribution in [3.05, 3.63) is 20.8 Å². The fourth-order valence-corrected chi connectivity index (χ4v) is 3.48. The predicted molar refractivity (Wildman–Crippen MR) is 71.0 cm³/mol. The van der Waals surface area contributed by atoms with Crippen LogP contribution >= 0.6 is 49.9 Å². The summed E-state index contributed by atoms with van der Waals surface area (Å²) < 4.78 is 5.95. The number of aliphatic hydroxyl groups is 1. The van der Waals surface area contributed by atoms with Gasteiger partial charge in [-0.1, -0.05) is 0 Å². The SMILES string of the molecule is CCOC(C)(I)C(O)c1ccc(Br)s1. The average molecular weight is 391 g/mol. The van der Waals surface area contributed by atoms with Gasteiger partial charge in [-0.25, -0.2) is 0 Å². The Morgan fingerprint density at radius 3 is 2.79 bits per heavy atom. The van der Waals surface area contributed by atoms with E-state index >= 15 is 0 Å². The lowest BCUT2D eigenvalue weighted by Gasteiger charge is -2.27. The first-order valence-corrected chi connectivity index (χ1v) is 6.92. The van der Waals surface area contributed by atoms with Crippen LogP contribution in [0.3, 0.4) is 0 Å². The molecule has 1 rings (SSSR count). The van der Waals surface area contributed by atoms with E-state index in [1.807, 2.05) is 26.0 Å². The second-order valence-corrected chi connectivity index (χ2v) is 7.60. The molecule has 14 heavy (non-hydrogen) atoms. The van der Waals surface area contributed by atoms with Crippen molar-refractivity contribution in [1.82, 2.24) is 0 Å². The second-order valence-electron chi connectivity index (χ2n) is 2.96. The number of aliphatic hydroxyl groups excluding tert-OH is 1. The van der Waals surface area contributed by atoms with Crippen molar-refractivity contribution in [2.75, 3.05) is 6.61 Å². The highest BCUT2D eigenvalue weighted by molar-refractivity contribution is 14.1. The maximum atomic E-state index is 10.0. The van der Waals surface area contributed by atoms with Gasteiger partial charge in [-0.15, -0.1) is 11.3 Å². The van der Waals surface area contributed by atoms with Crippen LogP contribution in [0.1, 0.15) is 24.8 Å². The van der Waals surface area contributed by atoms with E-state index in [4.69, 9.17) is 4.74 Å². The average Bonchev–Trinajstić information content (AvgIpc) is 2.50. The fourth-order valence-electron chi connectivity index (χ4n) is 1.09. The molecule has 0 saturated carbocycles. The molecule has 1 aromatic rings. The van der Waals surface area contributed by atoms with Crippen molar-refractivity contribution in [2.45, 2.75) is 23.6 Å². The molecule has 0 aliphatic rings. The number of alkyl halides is 1. The van der Waals surface area contributed by atoms with Crippen molar-refractivity contribution in [3.8, 4) is 0 Å². The van der Waals surface area contributed by atoms with Gasteiger partial charge in [-0.05, 0) is 64.5 Å². The zero-order valence-electron chi connectivity index (χ0n) is 7.96. The lowest BCUT2D eigenvalue weighted by Crippen LogP contribution is -2.28. The lowest BCUT2D eigenvalue weighted by atomic mass is 10.2. The molecule has 0 bridgehead atoms. The number of hydrogen-bond donors (Lipinski definition) is 1. The first-order valence-electron chi connectivity index (χ1n) is 4.23. The summed E-state index contributed by atoms with van der Waals surface area (Å²) in [6.45, 7) is 4.41. The van der Waals surface area contributed by atoms with Gasteiger partial charge in [0, 0.05) is 11.5 Å². The minimum absolute atomic E-state index is 0.559. The van der Waals surface area contributed by atoms with Crippen molar-refractivity contribution < 1.29 is 9.84 Å². The van der Waals surface area contributed by atoms with E-state index in [1.165, 1.54) is 11.3 Å². The van der Waals surface area contributed by atoms with Gasteiger partial charge in [-0.2, -0.15) is 0 Å². The highest BCUT2D eigenvalue weighted by atomic mass is 127. The predicted octanol–water partition coefficient (Wildman–Crippen LogP) is 3.73. The van der Waals surface area contributed by atoms with Gasteiger partial charge in [0.05, 0.1) is 3.79 Å². The van der Waals surface area contributed by atoms with Gasteiger partial charge in [0.25, 0.3) is 0 Å². The van der Waals surface area contributed by atoms with Crippen LogP contribution in [0.4, 0.5) is 0 Å². The maximum absolute atomic E-state index is 10.0.